The molecule has 2 saturated carbocycles. The maximum Gasteiger partial charge on any atom is 0.255 e. The van der Waals surface area contributed by atoms with Crippen LogP contribution >= 0.6 is 0 Å². The van der Waals surface area contributed by atoms with Crippen LogP contribution in [0.15, 0.2) is 4.79 Å². The molecular weight excluding hydrogens is 352 g/mol. The number of carbonyl (C=O) groups is 1. The second kappa shape index (κ2) is 7.62. The third-order valence-electron chi connectivity index (χ3n) is 7.55. The molecule has 1 amide bonds. The molecule has 6 nitrogen and oxygen atoms in total. The van der Waals surface area contributed by atoms with E-state index in [2.05, 4.69) is 9.88 Å². The second-order valence-corrected chi connectivity index (χ2v) is 9.29. The fraction of sp³-hybridized carbons (Fsp3) is 0.773. The Morgan fingerprint density at radius 2 is 1.75 bits per heavy atom. The summed E-state index contributed by atoms with van der Waals surface area (Å²) in [7, 11) is 0. The molecule has 6 heteroatoms. The Kier molecular flexibility index (Phi) is 4.99. The number of nitrogens with one attached hydrogen (secondary N) is 1. The van der Waals surface area contributed by atoms with Gasteiger partial charge in [0, 0.05) is 50.5 Å². The second-order valence-electron chi connectivity index (χ2n) is 9.29. The largest absolute Gasteiger partial charge is 0.342 e. The van der Waals surface area contributed by atoms with E-state index in [1.54, 1.807) is 0 Å². The van der Waals surface area contributed by atoms with E-state index in [-0.39, 0.29) is 17.4 Å². The van der Waals surface area contributed by atoms with Crippen molar-refractivity contribution >= 4 is 5.91 Å². The molecule has 2 aliphatic carbocycles. The summed E-state index contributed by atoms with van der Waals surface area (Å²) in [6.07, 6.45) is 11.4. The SMILES string of the molecule is O=C(C1CCCC1)N1CCC(c2nc3c(c(=O)[nH]2)CN(C2CCCC2)CC3)C1. The van der Waals surface area contributed by atoms with Gasteiger partial charge >= 0.3 is 0 Å². The van der Waals surface area contributed by atoms with Crippen LogP contribution in [0, 0.1) is 5.92 Å². The van der Waals surface area contributed by atoms with Crippen LogP contribution in [0.3, 0.4) is 0 Å². The van der Waals surface area contributed by atoms with Crippen LogP contribution in [0.1, 0.15) is 80.8 Å². The van der Waals surface area contributed by atoms with Crippen LogP contribution in [0.25, 0.3) is 0 Å². The van der Waals surface area contributed by atoms with Crippen LogP contribution in [-0.2, 0) is 17.8 Å². The van der Waals surface area contributed by atoms with Crippen molar-refractivity contribution in [2.45, 2.75) is 82.7 Å². The topological polar surface area (TPSA) is 69.3 Å². The number of amides is 1. The summed E-state index contributed by atoms with van der Waals surface area (Å²) >= 11 is 0. The van der Waals surface area contributed by atoms with Crippen molar-refractivity contribution in [1.82, 2.24) is 19.8 Å². The highest BCUT2D eigenvalue weighted by molar-refractivity contribution is 5.79. The van der Waals surface area contributed by atoms with E-state index < -0.39 is 0 Å². The monoisotopic (exact) mass is 384 g/mol. The molecular formula is C22H32N4O2. The summed E-state index contributed by atoms with van der Waals surface area (Å²) in [5.41, 5.74) is 1.91. The number of aromatic nitrogens is 2. The van der Waals surface area contributed by atoms with Crippen molar-refractivity contribution < 1.29 is 4.79 Å². The minimum Gasteiger partial charge on any atom is -0.342 e. The lowest BCUT2D eigenvalue weighted by atomic mass is 10.0. The Balaban J connectivity index is 1.29. The molecule has 3 heterocycles. The lowest BCUT2D eigenvalue weighted by molar-refractivity contribution is -0.134. The van der Waals surface area contributed by atoms with E-state index in [1.165, 1.54) is 38.5 Å². The number of carbonyl (C=O) groups excluding carboxylic acids is 1. The van der Waals surface area contributed by atoms with E-state index in [9.17, 15) is 9.59 Å². The molecule has 0 spiro atoms. The predicted molar refractivity (Wildman–Crippen MR) is 107 cm³/mol. The van der Waals surface area contributed by atoms with Gasteiger partial charge in [-0.25, -0.2) is 4.98 Å². The minimum atomic E-state index is 0.0447. The number of rotatable bonds is 3. The zero-order valence-corrected chi connectivity index (χ0v) is 16.8. The van der Waals surface area contributed by atoms with Gasteiger partial charge < -0.3 is 9.88 Å². The average Bonchev–Trinajstić information content (AvgIpc) is 3.50. The fourth-order valence-corrected chi connectivity index (χ4v) is 5.85. The van der Waals surface area contributed by atoms with Gasteiger partial charge in [0.2, 0.25) is 5.91 Å². The smallest absolute Gasteiger partial charge is 0.255 e. The van der Waals surface area contributed by atoms with Gasteiger partial charge in [-0.3, -0.25) is 14.5 Å². The van der Waals surface area contributed by atoms with Crippen LogP contribution in [0.5, 0.6) is 0 Å². The Morgan fingerprint density at radius 3 is 2.54 bits per heavy atom. The van der Waals surface area contributed by atoms with Crippen LogP contribution < -0.4 is 5.56 Å². The molecule has 1 aromatic heterocycles. The summed E-state index contributed by atoms with van der Waals surface area (Å²) in [6.45, 7) is 3.28. The number of H-pyrrole nitrogens is 1. The summed E-state index contributed by atoms with van der Waals surface area (Å²) < 4.78 is 0. The molecule has 0 radical (unpaired) electrons. The molecule has 3 fully saturated rings. The van der Waals surface area contributed by atoms with Crippen LogP contribution in [-0.4, -0.2) is 51.4 Å². The van der Waals surface area contributed by atoms with Crippen molar-refractivity contribution in [3.8, 4) is 0 Å². The van der Waals surface area contributed by atoms with Gasteiger partial charge in [0.25, 0.3) is 5.56 Å². The summed E-state index contributed by atoms with van der Waals surface area (Å²) in [5.74, 6) is 1.54. The Morgan fingerprint density at radius 1 is 1.00 bits per heavy atom. The first kappa shape index (κ1) is 18.3. The highest BCUT2D eigenvalue weighted by Gasteiger charge is 2.35. The molecule has 5 rings (SSSR count). The first-order chi connectivity index (χ1) is 13.7. The number of aromatic amines is 1. The molecule has 0 aromatic carbocycles. The first-order valence-electron chi connectivity index (χ1n) is 11.3. The van der Waals surface area contributed by atoms with Crippen molar-refractivity contribution in [1.29, 1.82) is 0 Å². The molecule has 4 aliphatic rings. The van der Waals surface area contributed by atoms with Crippen molar-refractivity contribution in [2.24, 2.45) is 5.92 Å². The molecule has 2 aliphatic heterocycles. The Bertz CT molecular complexity index is 792. The van der Waals surface area contributed by atoms with Gasteiger partial charge in [0.15, 0.2) is 0 Å². The summed E-state index contributed by atoms with van der Waals surface area (Å²) in [4.78, 5) is 38.0. The van der Waals surface area contributed by atoms with Gasteiger partial charge in [-0.1, -0.05) is 25.7 Å². The Labute approximate surface area is 166 Å². The van der Waals surface area contributed by atoms with Gasteiger partial charge in [0.05, 0.1) is 11.3 Å². The lowest BCUT2D eigenvalue weighted by Crippen LogP contribution is -2.41. The van der Waals surface area contributed by atoms with Crippen LogP contribution in [0.2, 0.25) is 0 Å². The normalized spacial score (nSPS) is 26.9. The maximum absolute atomic E-state index is 12.8. The van der Waals surface area contributed by atoms with E-state index in [4.69, 9.17) is 4.98 Å². The van der Waals surface area contributed by atoms with Crippen LogP contribution in [0.4, 0.5) is 0 Å². The van der Waals surface area contributed by atoms with Gasteiger partial charge in [-0.2, -0.15) is 0 Å². The molecule has 152 valence electrons. The average molecular weight is 385 g/mol. The molecule has 0 bridgehead atoms. The number of nitrogens with zero attached hydrogens (tertiary/aromatic N) is 3. The molecule has 28 heavy (non-hydrogen) atoms. The third-order valence-corrected chi connectivity index (χ3v) is 7.55. The van der Waals surface area contributed by atoms with Gasteiger partial charge in [0.1, 0.15) is 5.82 Å². The quantitative estimate of drug-likeness (QED) is 0.870. The summed E-state index contributed by atoms with van der Waals surface area (Å²) in [6, 6.07) is 0.650. The third kappa shape index (κ3) is 3.40. The number of fused-ring (bicyclic) bond motifs is 1. The maximum atomic E-state index is 12.8. The molecule has 1 aromatic rings. The number of hydrogen-bond donors (Lipinski definition) is 1. The van der Waals surface area contributed by atoms with Crippen molar-refractivity contribution in [2.75, 3.05) is 19.6 Å². The molecule has 1 atom stereocenters. The minimum absolute atomic E-state index is 0.0447. The lowest BCUT2D eigenvalue weighted by Gasteiger charge is -2.32. The zero-order valence-electron chi connectivity index (χ0n) is 16.8. The highest BCUT2D eigenvalue weighted by atomic mass is 16.2. The number of likely N-dealkylation sites (tertiary alicyclic amines) is 1. The van der Waals surface area contributed by atoms with E-state index in [0.29, 0.717) is 18.5 Å². The zero-order chi connectivity index (χ0) is 19.1. The van der Waals surface area contributed by atoms with Gasteiger partial charge in [-0.15, -0.1) is 0 Å². The predicted octanol–water partition coefficient (Wildman–Crippen LogP) is 2.58. The van der Waals surface area contributed by atoms with E-state index in [1.807, 2.05) is 4.90 Å². The number of hydrogen-bond acceptors (Lipinski definition) is 4. The molecule has 1 saturated heterocycles. The Hall–Kier alpha value is -1.69. The highest BCUT2D eigenvalue weighted by Crippen LogP contribution is 2.32. The standard InChI is InChI=1S/C22H32N4O2/c27-21-18-14-25(17-7-3-4-8-17)12-10-19(18)23-20(24-21)16-9-11-26(13-16)22(28)15-5-1-2-6-15/h15-17H,1-14H2,(H,23,24,27). The van der Waals surface area contributed by atoms with E-state index in [0.717, 1.165) is 62.4 Å². The fourth-order valence-electron chi connectivity index (χ4n) is 5.85. The summed E-state index contributed by atoms with van der Waals surface area (Å²) in [5, 5.41) is 0. The van der Waals surface area contributed by atoms with E-state index >= 15 is 0 Å². The first-order valence-corrected chi connectivity index (χ1v) is 11.3. The molecule has 1 N–H and O–H groups in total. The van der Waals surface area contributed by atoms with Gasteiger partial charge in [-0.05, 0) is 32.1 Å². The van der Waals surface area contributed by atoms with Crippen molar-refractivity contribution in [3.63, 3.8) is 0 Å². The van der Waals surface area contributed by atoms with Crippen molar-refractivity contribution in [3.05, 3.63) is 27.4 Å². The molecule has 1 unspecified atom stereocenters.